The second-order valence-electron chi connectivity index (χ2n) is 6.45. The number of hydrogen-bond acceptors (Lipinski definition) is 5. The normalized spacial score (nSPS) is 11.1. The molecule has 0 unspecified atom stereocenters. The Morgan fingerprint density at radius 2 is 1.90 bits per heavy atom. The van der Waals surface area contributed by atoms with Crippen LogP contribution in [0, 0.1) is 5.41 Å². The average Bonchev–Trinajstić information content (AvgIpc) is 2.68. The highest BCUT2D eigenvalue weighted by molar-refractivity contribution is 9.13. The van der Waals surface area contributed by atoms with Crippen LogP contribution < -0.4 is 11.1 Å². The van der Waals surface area contributed by atoms with Crippen molar-refractivity contribution in [3.63, 3.8) is 0 Å². The van der Waals surface area contributed by atoms with Crippen molar-refractivity contribution < 1.29 is 13.9 Å². The summed E-state index contributed by atoms with van der Waals surface area (Å²) >= 11 is 7.19. The van der Waals surface area contributed by atoms with E-state index < -0.39 is 5.97 Å². The lowest BCUT2D eigenvalue weighted by molar-refractivity contribution is 0.0527. The topological polar surface area (TPSA) is 89.3 Å². The lowest BCUT2D eigenvalue weighted by atomic mass is 9.90. The van der Waals surface area contributed by atoms with Gasteiger partial charge in [-0.3, -0.25) is 0 Å². The smallest absolute Gasteiger partial charge is 0.338 e. The van der Waals surface area contributed by atoms with Crippen molar-refractivity contribution in [2.24, 2.45) is 0 Å². The molecule has 0 saturated carbocycles. The highest BCUT2D eigenvalue weighted by atomic mass is 79.9. The van der Waals surface area contributed by atoms with Crippen LogP contribution in [0.1, 0.15) is 17.3 Å². The van der Waals surface area contributed by atoms with E-state index in [-0.39, 0.29) is 6.61 Å². The van der Waals surface area contributed by atoms with Gasteiger partial charge in [0.25, 0.3) is 0 Å². The summed E-state index contributed by atoms with van der Waals surface area (Å²) < 4.78 is 12.9. The monoisotopic (exact) mass is 514 g/mol. The number of nitrogen functional groups attached to an aromatic ring is 1. The van der Waals surface area contributed by atoms with E-state index in [9.17, 15) is 4.79 Å². The first-order valence-electron chi connectivity index (χ1n) is 8.87. The van der Waals surface area contributed by atoms with E-state index in [1.807, 2.05) is 12.1 Å². The molecule has 2 aromatic carbocycles. The first kappa shape index (κ1) is 19.7. The molecule has 2 aliphatic rings. The van der Waals surface area contributed by atoms with Crippen LogP contribution in [0.3, 0.4) is 0 Å². The first-order chi connectivity index (χ1) is 13.9. The van der Waals surface area contributed by atoms with Crippen LogP contribution in [0.5, 0.6) is 0 Å². The largest absolute Gasteiger partial charge is 0.462 e. The number of nitrogens with one attached hydrogen (secondary N) is 1. The summed E-state index contributed by atoms with van der Waals surface area (Å²) in [6.45, 7) is 2.05. The molecule has 29 heavy (non-hydrogen) atoms. The molecule has 5 nitrogen and oxygen atoms in total. The SMILES string of the molecule is CCOC(=O)c1ccc(Br)c(Br)c1-c1c2ccc(=N)cc-2oc2cc(N)ccc12. The molecule has 0 atom stereocenters. The number of halogens is 2. The molecule has 1 aliphatic carbocycles. The number of ether oxygens (including phenoxy) is 1. The Bertz CT molecular complexity index is 1300. The fourth-order valence-corrected chi connectivity index (χ4v) is 4.22. The third-order valence-electron chi connectivity index (χ3n) is 4.59. The van der Waals surface area contributed by atoms with Gasteiger partial charge in [0.05, 0.1) is 17.5 Å². The molecule has 3 N–H and O–H groups in total. The van der Waals surface area contributed by atoms with E-state index in [1.165, 1.54) is 0 Å². The van der Waals surface area contributed by atoms with Gasteiger partial charge in [0.2, 0.25) is 0 Å². The van der Waals surface area contributed by atoms with Crippen LogP contribution in [0.2, 0.25) is 0 Å². The van der Waals surface area contributed by atoms with E-state index in [0.29, 0.717) is 33.5 Å². The third-order valence-corrected chi connectivity index (χ3v) is 6.60. The molecule has 0 spiro atoms. The molecule has 0 amide bonds. The number of nitrogens with two attached hydrogens (primary N) is 1. The van der Waals surface area contributed by atoms with Crippen LogP contribution in [-0.2, 0) is 4.74 Å². The van der Waals surface area contributed by atoms with Gasteiger partial charge < -0.3 is 20.3 Å². The minimum absolute atomic E-state index is 0.274. The summed E-state index contributed by atoms with van der Waals surface area (Å²) in [5.74, 6) is 0.123. The average molecular weight is 516 g/mol. The Kier molecular flexibility index (Phi) is 5.19. The number of anilines is 1. The van der Waals surface area contributed by atoms with E-state index in [1.54, 1.807) is 43.3 Å². The molecule has 0 fully saturated rings. The number of carbonyl (C=O) groups is 1. The number of rotatable bonds is 3. The van der Waals surface area contributed by atoms with Crippen LogP contribution in [-0.4, -0.2) is 12.6 Å². The number of esters is 1. The molecule has 4 rings (SSSR count). The Morgan fingerprint density at radius 3 is 2.66 bits per heavy atom. The molecule has 0 aromatic heterocycles. The first-order valence-corrected chi connectivity index (χ1v) is 10.5. The van der Waals surface area contributed by atoms with Gasteiger partial charge in [0.1, 0.15) is 11.3 Å². The van der Waals surface area contributed by atoms with Gasteiger partial charge in [0.15, 0.2) is 0 Å². The summed E-state index contributed by atoms with van der Waals surface area (Å²) in [6.07, 6.45) is 0. The summed E-state index contributed by atoms with van der Waals surface area (Å²) in [5, 5.41) is 9.10. The molecular formula is C22H16Br2N2O3. The Hall–Kier alpha value is -2.64. The second kappa shape index (κ2) is 7.65. The molecule has 0 bridgehead atoms. The Labute approximate surface area is 183 Å². The number of hydrogen-bond donors (Lipinski definition) is 2. The molecule has 0 radical (unpaired) electrons. The maximum Gasteiger partial charge on any atom is 0.338 e. The molecule has 1 heterocycles. The Morgan fingerprint density at radius 1 is 1.10 bits per heavy atom. The minimum Gasteiger partial charge on any atom is -0.462 e. The summed E-state index contributed by atoms with van der Waals surface area (Å²) in [5.41, 5.74) is 9.80. The predicted octanol–water partition coefficient (Wildman–Crippen LogP) is 5.97. The highest BCUT2D eigenvalue weighted by Crippen LogP contribution is 2.46. The zero-order valence-electron chi connectivity index (χ0n) is 15.4. The lowest BCUT2D eigenvalue weighted by Crippen LogP contribution is -2.08. The number of benzene rings is 3. The zero-order chi connectivity index (χ0) is 20.7. The van der Waals surface area contributed by atoms with Crippen molar-refractivity contribution in [3.8, 4) is 22.5 Å². The van der Waals surface area contributed by atoms with Crippen LogP contribution in [0.4, 0.5) is 5.69 Å². The molecule has 0 saturated heterocycles. The zero-order valence-corrected chi connectivity index (χ0v) is 18.6. The molecule has 7 heteroatoms. The van der Waals surface area contributed by atoms with Crippen molar-refractivity contribution in [2.75, 3.05) is 12.3 Å². The highest BCUT2D eigenvalue weighted by Gasteiger charge is 2.25. The number of carbonyl (C=O) groups excluding carboxylic acids is 1. The number of fused-ring (bicyclic) bond motifs is 2. The predicted molar refractivity (Wildman–Crippen MR) is 120 cm³/mol. The summed E-state index contributed by atoms with van der Waals surface area (Å²) in [6, 6.07) is 14.1. The Balaban J connectivity index is 2.20. The maximum atomic E-state index is 12.8. The van der Waals surface area contributed by atoms with Crippen LogP contribution >= 0.6 is 31.9 Å². The van der Waals surface area contributed by atoms with Crippen LogP contribution in [0.25, 0.3) is 33.4 Å². The van der Waals surface area contributed by atoms with Gasteiger partial charge in [-0.2, -0.15) is 0 Å². The fraction of sp³-hybridized carbons (Fsp3) is 0.0909. The van der Waals surface area contributed by atoms with E-state index in [4.69, 9.17) is 20.3 Å². The third kappa shape index (κ3) is 3.45. The van der Waals surface area contributed by atoms with Crippen molar-refractivity contribution in [1.29, 1.82) is 5.41 Å². The van der Waals surface area contributed by atoms with Crippen molar-refractivity contribution >= 4 is 54.5 Å². The van der Waals surface area contributed by atoms with E-state index >= 15 is 0 Å². The molecule has 1 aliphatic heterocycles. The van der Waals surface area contributed by atoms with E-state index in [2.05, 4.69) is 31.9 Å². The lowest BCUT2D eigenvalue weighted by Gasteiger charge is -2.19. The van der Waals surface area contributed by atoms with E-state index in [0.717, 1.165) is 25.5 Å². The maximum absolute atomic E-state index is 12.8. The van der Waals surface area contributed by atoms with Crippen molar-refractivity contribution in [1.82, 2.24) is 0 Å². The fourth-order valence-electron chi connectivity index (χ4n) is 3.35. The van der Waals surface area contributed by atoms with Gasteiger partial charge in [-0.25, -0.2) is 4.79 Å². The molecule has 146 valence electrons. The summed E-state index contributed by atoms with van der Waals surface area (Å²) in [4.78, 5) is 12.8. The van der Waals surface area contributed by atoms with Gasteiger partial charge >= 0.3 is 5.97 Å². The quantitative estimate of drug-likeness (QED) is 0.200. The standard InChI is InChI=1S/C22H16Br2N2O3/c1-2-28-22(27)15-7-8-16(23)21(24)20(15)19-13-5-3-11(25)9-17(13)29-18-10-12(26)4-6-14(18)19/h3-10,25H,2,26H2,1H3. The van der Waals surface area contributed by atoms with Gasteiger partial charge in [0, 0.05) is 48.8 Å². The molecule has 2 aromatic rings. The van der Waals surface area contributed by atoms with Gasteiger partial charge in [-0.05, 0) is 75.2 Å². The second-order valence-corrected chi connectivity index (χ2v) is 8.10. The minimum atomic E-state index is -0.412. The van der Waals surface area contributed by atoms with Gasteiger partial charge in [-0.1, -0.05) is 0 Å². The van der Waals surface area contributed by atoms with Crippen LogP contribution in [0.15, 0.2) is 61.9 Å². The summed E-state index contributed by atoms with van der Waals surface area (Å²) in [7, 11) is 0. The van der Waals surface area contributed by atoms with Crippen molar-refractivity contribution in [3.05, 3.63) is 68.4 Å². The molecular weight excluding hydrogens is 500 g/mol. The van der Waals surface area contributed by atoms with Gasteiger partial charge in [-0.15, -0.1) is 0 Å². The van der Waals surface area contributed by atoms with Crippen molar-refractivity contribution in [2.45, 2.75) is 6.92 Å².